The SMILES string of the molecule is Cc1ccc(F)cc1C(N)c1nn[nH]n1. The predicted molar refractivity (Wildman–Crippen MR) is 51.3 cm³/mol. The molecule has 15 heavy (non-hydrogen) atoms. The van der Waals surface area contributed by atoms with E-state index in [1.807, 2.05) is 6.92 Å². The van der Waals surface area contributed by atoms with Gasteiger partial charge in [0.1, 0.15) is 5.82 Å². The van der Waals surface area contributed by atoms with Crippen molar-refractivity contribution in [1.82, 2.24) is 20.6 Å². The second-order valence-electron chi connectivity index (χ2n) is 3.25. The predicted octanol–water partition coefficient (Wildman–Crippen LogP) is 0.695. The summed E-state index contributed by atoms with van der Waals surface area (Å²) in [6.45, 7) is 1.86. The van der Waals surface area contributed by atoms with Crippen LogP contribution in [0.1, 0.15) is 23.0 Å². The van der Waals surface area contributed by atoms with Crippen LogP contribution in [0.3, 0.4) is 0 Å². The average molecular weight is 207 g/mol. The Kier molecular flexibility index (Phi) is 2.42. The molecule has 3 N–H and O–H groups in total. The van der Waals surface area contributed by atoms with E-state index in [1.165, 1.54) is 12.1 Å². The van der Waals surface area contributed by atoms with E-state index in [0.717, 1.165) is 5.56 Å². The van der Waals surface area contributed by atoms with E-state index in [1.54, 1.807) is 6.07 Å². The van der Waals surface area contributed by atoms with E-state index >= 15 is 0 Å². The lowest BCUT2D eigenvalue weighted by molar-refractivity contribution is 0.621. The number of tetrazole rings is 1. The summed E-state index contributed by atoms with van der Waals surface area (Å²) in [5, 5.41) is 13.3. The summed E-state index contributed by atoms with van der Waals surface area (Å²) in [6, 6.07) is 3.89. The number of halogens is 1. The van der Waals surface area contributed by atoms with Crippen LogP contribution in [0, 0.1) is 12.7 Å². The number of benzene rings is 1. The van der Waals surface area contributed by atoms with Crippen molar-refractivity contribution in [3.8, 4) is 0 Å². The Balaban J connectivity index is 2.41. The lowest BCUT2D eigenvalue weighted by Gasteiger charge is -2.10. The first-order chi connectivity index (χ1) is 7.18. The molecular formula is C9H10FN5. The molecule has 1 atom stereocenters. The summed E-state index contributed by atoms with van der Waals surface area (Å²) in [4.78, 5) is 0. The molecule has 0 bridgehead atoms. The molecule has 0 aliphatic carbocycles. The van der Waals surface area contributed by atoms with Crippen LogP contribution in [0.15, 0.2) is 18.2 Å². The monoisotopic (exact) mass is 207 g/mol. The molecule has 1 aromatic heterocycles. The van der Waals surface area contributed by atoms with Crippen LogP contribution >= 0.6 is 0 Å². The van der Waals surface area contributed by atoms with Gasteiger partial charge in [-0.2, -0.15) is 5.21 Å². The van der Waals surface area contributed by atoms with Gasteiger partial charge in [0.05, 0.1) is 6.04 Å². The van der Waals surface area contributed by atoms with Crippen molar-refractivity contribution in [2.24, 2.45) is 5.73 Å². The van der Waals surface area contributed by atoms with Crippen LogP contribution in [0.5, 0.6) is 0 Å². The molecule has 0 saturated carbocycles. The third-order valence-electron chi connectivity index (χ3n) is 2.22. The van der Waals surface area contributed by atoms with E-state index in [4.69, 9.17) is 5.73 Å². The highest BCUT2D eigenvalue weighted by atomic mass is 19.1. The van der Waals surface area contributed by atoms with Gasteiger partial charge in [-0.15, -0.1) is 10.2 Å². The molecule has 1 unspecified atom stereocenters. The summed E-state index contributed by atoms with van der Waals surface area (Å²) < 4.78 is 13.0. The van der Waals surface area contributed by atoms with Gasteiger partial charge in [0.25, 0.3) is 0 Å². The zero-order chi connectivity index (χ0) is 10.8. The maximum Gasteiger partial charge on any atom is 0.195 e. The van der Waals surface area contributed by atoms with Gasteiger partial charge in [0.15, 0.2) is 5.82 Å². The normalized spacial score (nSPS) is 12.7. The topological polar surface area (TPSA) is 80.5 Å². The van der Waals surface area contributed by atoms with Gasteiger partial charge in [-0.3, -0.25) is 0 Å². The molecule has 2 rings (SSSR count). The fraction of sp³-hybridized carbons (Fsp3) is 0.222. The van der Waals surface area contributed by atoms with Crippen molar-refractivity contribution in [2.45, 2.75) is 13.0 Å². The van der Waals surface area contributed by atoms with Crippen molar-refractivity contribution in [3.63, 3.8) is 0 Å². The van der Waals surface area contributed by atoms with Crippen LogP contribution in [0.25, 0.3) is 0 Å². The molecule has 1 aromatic carbocycles. The lowest BCUT2D eigenvalue weighted by atomic mass is 10.0. The molecule has 78 valence electrons. The quantitative estimate of drug-likeness (QED) is 0.759. The van der Waals surface area contributed by atoms with Crippen LogP contribution in [-0.4, -0.2) is 20.6 Å². The van der Waals surface area contributed by atoms with Gasteiger partial charge >= 0.3 is 0 Å². The molecule has 6 heteroatoms. The number of H-pyrrole nitrogens is 1. The standard InChI is InChI=1S/C9H10FN5/c1-5-2-3-6(10)4-7(5)8(11)9-12-14-15-13-9/h2-4,8H,11H2,1H3,(H,12,13,14,15). The second kappa shape index (κ2) is 3.74. The molecule has 0 radical (unpaired) electrons. The highest BCUT2D eigenvalue weighted by molar-refractivity contribution is 5.32. The Bertz CT molecular complexity index is 454. The Labute approximate surface area is 85.5 Å². The van der Waals surface area contributed by atoms with Crippen molar-refractivity contribution >= 4 is 0 Å². The second-order valence-corrected chi connectivity index (χ2v) is 3.25. The molecule has 0 aliphatic heterocycles. The number of nitrogens with zero attached hydrogens (tertiary/aromatic N) is 3. The molecule has 2 aromatic rings. The number of aryl methyl sites for hydroxylation is 1. The molecule has 1 heterocycles. The van der Waals surface area contributed by atoms with Crippen LogP contribution < -0.4 is 5.73 Å². The Hall–Kier alpha value is -1.82. The molecule has 0 saturated heterocycles. The van der Waals surface area contributed by atoms with E-state index in [-0.39, 0.29) is 5.82 Å². The number of hydrogen-bond acceptors (Lipinski definition) is 4. The van der Waals surface area contributed by atoms with Crippen molar-refractivity contribution in [2.75, 3.05) is 0 Å². The number of nitrogens with two attached hydrogens (primary N) is 1. The number of rotatable bonds is 2. The third-order valence-corrected chi connectivity index (χ3v) is 2.22. The largest absolute Gasteiger partial charge is 0.318 e. The first-order valence-electron chi connectivity index (χ1n) is 4.43. The first-order valence-corrected chi connectivity index (χ1v) is 4.43. The minimum Gasteiger partial charge on any atom is -0.318 e. The molecule has 5 nitrogen and oxygen atoms in total. The maximum atomic E-state index is 13.0. The smallest absolute Gasteiger partial charge is 0.195 e. The van der Waals surface area contributed by atoms with E-state index in [2.05, 4.69) is 20.6 Å². The Morgan fingerprint density at radius 3 is 2.93 bits per heavy atom. The van der Waals surface area contributed by atoms with Gasteiger partial charge in [-0.25, -0.2) is 4.39 Å². The third kappa shape index (κ3) is 1.84. The minimum atomic E-state index is -0.556. The Morgan fingerprint density at radius 1 is 1.47 bits per heavy atom. The van der Waals surface area contributed by atoms with Crippen molar-refractivity contribution in [3.05, 3.63) is 41.0 Å². The number of aromatic nitrogens is 4. The van der Waals surface area contributed by atoms with Crippen molar-refractivity contribution < 1.29 is 4.39 Å². The summed E-state index contributed by atoms with van der Waals surface area (Å²) in [6.07, 6.45) is 0. The van der Waals surface area contributed by atoms with Gasteiger partial charge in [-0.05, 0) is 30.2 Å². The molecule has 0 spiro atoms. The van der Waals surface area contributed by atoms with Gasteiger partial charge in [0, 0.05) is 0 Å². The zero-order valence-electron chi connectivity index (χ0n) is 8.11. The Morgan fingerprint density at radius 2 is 2.27 bits per heavy atom. The molecule has 0 fully saturated rings. The fourth-order valence-corrected chi connectivity index (χ4v) is 1.39. The highest BCUT2D eigenvalue weighted by Gasteiger charge is 2.16. The maximum absolute atomic E-state index is 13.0. The lowest BCUT2D eigenvalue weighted by Crippen LogP contribution is -2.15. The van der Waals surface area contributed by atoms with Crippen molar-refractivity contribution in [1.29, 1.82) is 0 Å². The van der Waals surface area contributed by atoms with Crippen LogP contribution in [0.4, 0.5) is 4.39 Å². The summed E-state index contributed by atoms with van der Waals surface area (Å²) >= 11 is 0. The van der Waals surface area contributed by atoms with Crippen LogP contribution in [-0.2, 0) is 0 Å². The first kappa shape index (κ1) is 9.72. The van der Waals surface area contributed by atoms with E-state index in [0.29, 0.717) is 11.4 Å². The number of hydrogen-bond donors (Lipinski definition) is 2. The minimum absolute atomic E-state index is 0.324. The number of nitrogens with one attached hydrogen (secondary N) is 1. The molecule has 0 amide bonds. The summed E-state index contributed by atoms with van der Waals surface area (Å²) in [7, 11) is 0. The van der Waals surface area contributed by atoms with E-state index in [9.17, 15) is 4.39 Å². The highest BCUT2D eigenvalue weighted by Crippen LogP contribution is 2.20. The van der Waals surface area contributed by atoms with Crippen LogP contribution in [0.2, 0.25) is 0 Å². The van der Waals surface area contributed by atoms with Gasteiger partial charge in [0.2, 0.25) is 0 Å². The van der Waals surface area contributed by atoms with E-state index < -0.39 is 6.04 Å². The zero-order valence-corrected chi connectivity index (χ0v) is 8.11. The van der Waals surface area contributed by atoms with Gasteiger partial charge in [-0.1, -0.05) is 11.3 Å². The average Bonchev–Trinajstić information content (AvgIpc) is 2.74. The number of aromatic amines is 1. The summed E-state index contributed by atoms with van der Waals surface area (Å²) in [5.41, 5.74) is 7.44. The fourth-order valence-electron chi connectivity index (χ4n) is 1.39. The van der Waals surface area contributed by atoms with Gasteiger partial charge < -0.3 is 5.73 Å². The molecular weight excluding hydrogens is 197 g/mol. The molecule has 0 aliphatic rings. The summed E-state index contributed by atoms with van der Waals surface area (Å²) in [5.74, 6) is 0.0262.